The number of aliphatic hydroxyl groups is 2. The maximum absolute atomic E-state index is 14.5. The summed E-state index contributed by atoms with van der Waals surface area (Å²) in [7, 11) is 4.87. The molecule has 1 aliphatic carbocycles. The summed E-state index contributed by atoms with van der Waals surface area (Å²) < 4.78 is 30.2. The number of allylic oxidation sites excluding steroid dienone is 6. The number of cyclic esters (lactones) is 1. The molecule has 15 atom stereocenters. The van der Waals surface area contributed by atoms with E-state index in [1.54, 1.807) is 28.3 Å². The fraction of sp³-hybridized carbons (Fsp3) is 0.764. The number of ether oxygens (including phenoxy) is 5. The Morgan fingerprint density at radius 1 is 0.853 bits per heavy atom. The minimum atomic E-state index is -2.41. The monoisotopic (exact) mass is 954 g/mol. The molecule has 3 aliphatic heterocycles. The van der Waals surface area contributed by atoms with Gasteiger partial charge in [-0.05, 0) is 120 Å². The summed E-state index contributed by atoms with van der Waals surface area (Å²) in [6.45, 7) is 15.6. The Balaban J connectivity index is 1.70. The van der Waals surface area contributed by atoms with Gasteiger partial charge in [-0.15, -0.1) is 0 Å². The molecule has 2 bridgehead atoms. The first-order chi connectivity index (χ1) is 32.3. The summed E-state index contributed by atoms with van der Waals surface area (Å²) in [4.78, 5) is 72.5. The highest BCUT2D eigenvalue weighted by molar-refractivity contribution is 6.39. The van der Waals surface area contributed by atoms with Crippen LogP contribution in [0.2, 0.25) is 0 Å². The number of ketones is 3. The summed E-state index contributed by atoms with van der Waals surface area (Å²) in [5.74, 6) is -6.72. The van der Waals surface area contributed by atoms with E-state index in [4.69, 9.17) is 23.7 Å². The van der Waals surface area contributed by atoms with E-state index < -0.39 is 65.7 Å². The standard InChI is InChI=1S/C55H87NO12/c1-34-18-13-12-14-19-35(2)47(64-9)32-44-25-22-40(7)55(63,68-44)52(60)53(61)56-26-16-15-21-45(56)54(62)67-48(38(5)30-42-23-24-43(20-17-27-57)49(31-42)65-10)33-46(58)37(4)29-36(3)41(8)51(66-11)50(59)39(6)28-34/h12-14,18-19,29,34,37-45,47-49,51,57,63H,15-17,20-28,30-33H2,1-11H3/b14-12?,18-13+,35-19?,36-29+/t34-,37-,38-,39-,40-,41-,42+,43-,44+,45+,47+,48?,49-,51-,55-/m1/s1. The van der Waals surface area contributed by atoms with Crippen molar-refractivity contribution in [3.8, 4) is 0 Å². The molecule has 2 saturated heterocycles. The van der Waals surface area contributed by atoms with Gasteiger partial charge in [0, 0.05) is 71.0 Å². The molecule has 3 heterocycles. The van der Waals surface area contributed by atoms with E-state index in [1.165, 1.54) is 4.90 Å². The number of piperidine rings is 1. The van der Waals surface area contributed by atoms with Crippen molar-refractivity contribution in [2.45, 2.75) is 188 Å². The van der Waals surface area contributed by atoms with Gasteiger partial charge in [-0.3, -0.25) is 19.2 Å². The van der Waals surface area contributed by atoms with Crippen LogP contribution in [-0.2, 0) is 47.7 Å². The van der Waals surface area contributed by atoms with Gasteiger partial charge in [0.2, 0.25) is 5.79 Å². The van der Waals surface area contributed by atoms with Crippen LogP contribution < -0.4 is 0 Å². The molecular formula is C55H87NO12. The second-order valence-corrected chi connectivity index (χ2v) is 21.0. The van der Waals surface area contributed by atoms with Crippen LogP contribution in [0.4, 0.5) is 0 Å². The number of carbonyl (C=O) groups excluding carboxylic acids is 5. The van der Waals surface area contributed by atoms with E-state index >= 15 is 0 Å². The highest BCUT2D eigenvalue weighted by Gasteiger charge is 2.53. The number of methoxy groups -OCH3 is 3. The molecule has 0 radical (unpaired) electrons. The smallest absolute Gasteiger partial charge is 0.329 e. The molecule has 13 heteroatoms. The molecule has 1 amide bonds. The Labute approximate surface area is 407 Å². The second kappa shape index (κ2) is 27.3. The lowest BCUT2D eigenvalue weighted by molar-refractivity contribution is -0.265. The molecule has 0 aromatic rings. The summed E-state index contributed by atoms with van der Waals surface area (Å²) >= 11 is 0. The quantitative estimate of drug-likeness (QED) is 0.128. The van der Waals surface area contributed by atoms with Crippen molar-refractivity contribution in [2.75, 3.05) is 34.5 Å². The van der Waals surface area contributed by atoms with Crippen molar-refractivity contribution < 1.29 is 57.9 Å². The number of amides is 1. The van der Waals surface area contributed by atoms with E-state index in [0.717, 1.165) is 43.3 Å². The van der Waals surface area contributed by atoms with Gasteiger partial charge in [0.25, 0.3) is 11.7 Å². The third kappa shape index (κ3) is 15.3. The first-order valence-corrected chi connectivity index (χ1v) is 25.7. The van der Waals surface area contributed by atoms with E-state index in [0.29, 0.717) is 50.9 Å². The SMILES string of the molecule is CO[C@H]1C[C@@H]2CC[C@@H](C)[C@@](O)(O2)C(=O)C(=O)N2CCCC[C@H]2C(=O)OC([C@H](C)C[C@@H]2CC[C@@H](CCCO)[C@H](OC)C2)CC(=O)[C@H](C)/C=C(\C)[C@@H](C)[C@@H](OC)C(=O)[C@H](C)C[C@H](C)/C=C/C=CC=C1C. The number of rotatable bonds is 9. The zero-order valence-electron chi connectivity index (χ0n) is 43.3. The lowest BCUT2D eigenvalue weighted by Gasteiger charge is -2.42. The van der Waals surface area contributed by atoms with Crippen LogP contribution in [0.15, 0.2) is 47.6 Å². The zero-order valence-corrected chi connectivity index (χ0v) is 43.3. The number of fused-ring (bicyclic) bond motifs is 3. The lowest BCUT2D eigenvalue weighted by atomic mass is 9.74. The van der Waals surface area contributed by atoms with Crippen LogP contribution in [0.1, 0.15) is 145 Å². The molecule has 1 unspecified atom stereocenters. The molecule has 3 fully saturated rings. The van der Waals surface area contributed by atoms with Crippen molar-refractivity contribution in [3.63, 3.8) is 0 Å². The average Bonchev–Trinajstić information content (AvgIpc) is 3.32. The number of nitrogens with zero attached hydrogens (tertiary/aromatic N) is 1. The van der Waals surface area contributed by atoms with Gasteiger partial charge in [0.05, 0.1) is 18.3 Å². The van der Waals surface area contributed by atoms with Gasteiger partial charge in [0.1, 0.15) is 24.0 Å². The van der Waals surface area contributed by atoms with E-state index in [1.807, 2.05) is 71.9 Å². The second-order valence-electron chi connectivity index (χ2n) is 21.0. The van der Waals surface area contributed by atoms with Crippen LogP contribution in [0.3, 0.4) is 0 Å². The van der Waals surface area contributed by atoms with Crippen LogP contribution in [0, 0.1) is 47.3 Å². The van der Waals surface area contributed by atoms with E-state index in [9.17, 15) is 34.2 Å². The van der Waals surface area contributed by atoms with Crippen LogP contribution in [0.5, 0.6) is 0 Å². The van der Waals surface area contributed by atoms with Gasteiger partial charge in [0.15, 0.2) is 5.78 Å². The van der Waals surface area contributed by atoms with Crippen LogP contribution in [-0.4, -0.2) is 121 Å². The molecule has 0 spiro atoms. The fourth-order valence-corrected chi connectivity index (χ4v) is 11.1. The molecule has 4 rings (SSSR count). The number of esters is 1. The van der Waals surface area contributed by atoms with Crippen molar-refractivity contribution in [1.82, 2.24) is 4.90 Å². The molecule has 1 saturated carbocycles. The Hall–Kier alpha value is -3.33. The molecule has 4 aliphatic rings. The van der Waals surface area contributed by atoms with E-state index in [2.05, 4.69) is 13.0 Å². The Morgan fingerprint density at radius 3 is 2.26 bits per heavy atom. The average molecular weight is 954 g/mol. The number of carbonyl (C=O) groups is 5. The minimum Gasteiger partial charge on any atom is -0.460 e. The van der Waals surface area contributed by atoms with Gasteiger partial charge in [-0.1, -0.05) is 83.6 Å². The largest absolute Gasteiger partial charge is 0.460 e. The summed E-state index contributed by atoms with van der Waals surface area (Å²) in [5, 5.41) is 21.5. The Kier molecular flexibility index (Phi) is 23.0. The van der Waals surface area contributed by atoms with Gasteiger partial charge in [-0.25, -0.2) is 4.79 Å². The van der Waals surface area contributed by atoms with Crippen molar-refractivity contribution >= 4 is 29.2 Å². The minimum absolute atomic E-state index is 0.00127. The Bertz CT molecular complexity index is 1800. The summed E-state index contributed by atoms with van der Waals surface area (Å²) in [5.41, 5.74) is 1.75. The highest BCUT2D eigenvalue weighted by atomic mass is 16.6. The first kappa shape index (κ1) is 57.3. The Morgan fingerprint density at radius 2 is 1.59 bits per heavy atom. The number of aliphatic hydroxyl groups excluding tert-OH is 1. The molecule has 0 aromatic heterocycles. The summed E-state index contributed by atoms with van der Waals surface area (Å²) in [6.07, 6.45) is 17.5. The topological polar surface area (TPSA) is 175 Å². The van der Waals surface area contributed by atoms with Crippen molar-refractivity contribution in [3.05, 3.63) is 47.6 Å². The summed E-state index contributed by atoms with van der Waals surface area (Å²) in [6, 6.07) is -1.10. The highest BCUT2D eigenvalue weighted by Crippen LogP contribution is 2.39. The molecule has 68 heavy (non-hydrogen) atoms. The fourth-order valence-electron chi connectivity index (χ4n) is 11.1. The third-order valence-corrected chi connectivity index (χ3v) is 15.8. The first-order valence-electron chi connectivity index (χ1n) is 25.7. The predicted octanol–water partition coefficient (Wildman–Crippen LogP) is 8.48. The zero-order chi connectivity index (χ0) is 50.3. The van der Waals surface area contributed by atoms with Gasteiger partial charge >= 0.3 is 5.97 Å². The van der Waals surface area contributed by atoms with Crippen LogP contribution in [0.25, 0.3) is 0 Å². The van der Waals surface area contributed by atoms with Crippen molar-refractivity contribution in [2.24, 2.45) is 47.3 Å². The van der Waals surface area contributed by atoms with Crippen LogP contribution >= 0.6 is 0 Å². The molecule has 384 valence electrons. The normalized spacial score (nSPS) is 37.9. The van der Waals surface area contributed by atoms with E-state index in [-0.39, 0.29) is 73.3 Å². The maximum Gasteiger partial charge on any atom is 0.329 e. The lowest BCUT2D eigenvalue weighted by Crippen LogP contribution is -2.61. The maximum atomic E-state index is 14.5. The molecule has 2 N–H and O–H groups in total. The number of hydrogen-bond donors (Lipinski definition) is 2. The molecule has 13 nitrogen and oxygen atoms in total. The van der Waals surface area contributed by atoms with Gasteiger partial charge < -0.3 is 38.8 Å². The predicted molar refractivity (Wildman–Crippen MR) is 262 cm³/mol. The molecular weight excluding hydrogens is 867 g/mol. The van der Waals surface area contributed by atoms with Crippen molar-refractivity contribution in [1.29, 1.82) is 0 Å². The number of hydrogen-bond acceptors (Lipinski definition) is 12. The van der Waals surface area contributed by atoms with Gasteiger partial charge in [-0.2, -0.15) is 0 Å². The third-order valence-electron chi connectivity index (χ3n) is 15.8. The molecule has 0 aromatic carbocycles. The number of Topliss-reactive ketones (excluding diaryl/α,β-unsaturated/α-hetero) is 3.